The molecule has 0 unspecified atom stereocenters. The summed E-state index contributed by atoms with van der Waals surface area (Å²) in [5, 5.41) is 4.64. The van der Waals surface area contributed by atoms with E-state index in [9.17, 15) is 9.18 Å². The van der Waals surface area contributed by atoms with Crippen molar-refractivity contribution in [2.45, 2.75) is 69.7 Å². The summed E-state index contributed by atoms with van der Waals surface area (Å²) >= 11 is 6.35. The van der Waals surface area contributed by atoms with Crippen LogP contribution in [-0.4, -0.2) is 14.8 Å². The van der Waals surface area contributed by atoms with E-state index in [1.165, 1.54) is 23.1 Å². The van der Waals surface area contributed by atoms with Crippen molar-refractivity contribution in [3.05, 3.63) is 91.9 Å². The molecule has 32 heavy (non-hydrogen) atoms. The molecule has 2 heterocycles. The maximum atomic E-state index is 14.4. The summed E-state index contributed by atoms with van der Waals surface area (Å²) in [7, 11) is 0. The predicted octanol–water partition coefficient (Wildman–Crippen LogP) is 6.11. The first-order valence-corrected chi connectivity index (χ1v) is 11.9. The van der Waals surface area contributed by atoms with Crippen LogP contribution in [0.2, 0.25) is 5.15 Å². The second kappa shape index (κ2) is 8.78. The number of hydrogen-bond acceptors (Lipinski definition) is 3. The Bertz CT molecular complexity index is 1180. The molecule has 2 fully saturated rings. The minimum absolute atomic E-state index is 0.0904. The van der Waals surface area contributed by atoms with E-state index in [-0.39, 0.29) is 23.2 Å². The number of halogens is 2. The third kappa shape index (κ3) is 4.23. The van der Waals surface area contributed by atoms with E-state index in [1.807, 2.05) is 19.1 Å². The summed E-state index contributed by atoms with van der Waals surface area (Å²) in [4.78, 5) is 17.9. The van der Waals surface area contributed by atoms with Gasteiger partial charge in [-0.05, 0) is 98.1 Å². The lowest BCUT2D eigenvalue weighted by Gasteiger charge is -2.30. The van der Waals surface area contributed by atoms with Gasteiger partial charge in [0, 0.05) is 11.8 Å². The highest BCUT2D eigenvalue weighted by Crippen LogP contribution is 2.42. The van der Waals surface area contributed by atoms with Crippen molar-refractivity contribution >= 4 is 11.6 Å². The maximum Gasteiger partial charge on any atom is 0.270 e. The molecule has 2 aromatic heterocycles. The Hall–Kier alpha value is -2.53. The van der Waals surface area contributed by atoms with Crippen molar-refractivity contribution in [3.63, 3.8) is 0 Å². The van der Waals surface area contributed by atoms with Crippen molar-refractivity contribution < 1.29 is 4.39 Å². The molecule has 2 saturated carbocycles. The van der Waals surface area contributed by atoms with Gasteiger partial charge in [-0.2, -0.15) is 5.10 Å². The molecule has 166 valence electrons. The van der Waals surface area contributed by atoms with Crippen LogP contribution >= 0.6 is 11.6 Å². The Morgan fingerprint density at radius 3 is 2.41 bits per heavy atom. The third-order valence-electron chi connectivity index (χ3n) is 7.06. The number of hydrogen-bond donors (Lipinski definition) is 0. The summed E-state index contributed by atoms with van der Waals surface area (Å²) in [5.74, 6) is 0.737. The molecule has 4 nitrogen and oxygen atoms in total. The molecule has 0 radical (unpaired) electrons. The molecule has 0 amide bonds. The Morgan fingerprint density at radius 1 is 1.00 bits per heavy atom. The third-order valence-corrected chi connectivity index (χ3v) is 7.25. The van der Waals surface area contributed by atoms with E-state index in [0.29, 0.717) is 17.6 Å². The highest BCUT2D eigenvalue weighted by Gasteiger charge is 2.29. The fraction of sp³-hybridized carbons (Fsp3) is 0.423. The van der Waals surface area contributed by atoms with Crippen LogP contribution < -0.4 is 5.56 Å². The van der Waals surface area contributed by atoms with Gasteiger partial charge in [-0.15, -0.1) is 0 Å². The number of rotatable bonds is 5. The van der Waals surface area contributed by atoms with Gasteiger partial charge < -0.3 is 0 Å². The molecule has 0 saturated heterocycles. The van der Waals surface area contributed by atoms with E-state index in [1.54, 1.807) is 24.4 Å². The van der Waals surface area contributed by atoms with Gasteiger partial charge in [0.1, 0.15) is 11.0 Å². The molecule has 5 rings (SSSR count). The summed E-state index contributed by atoms with van der Waals surface area (Å²) in [5.41, 5.74) is 4.58. The van der Waals surface area contributed by atoms with Crippen molar-refractivity contribution in [3.8, 4) is 0 Å². The fourth-order valence-electron chi connectivity index (χ4n) is 5.27. The van der Waals surface area contributed by atoms with E-state index < -0.39 is 0 Å². The molecule has 0 aliphatic heterocycles. The Morgan fingerprint density at radius 2 is 1.69 bits per heavy atom. The minimum Gasteiger partial charge on any atom is -0.267 e. The monoisotopic (exact) mass is 451 g/mol. The van der Waals surface area contributed by atoms with Crippen molar-refractivity contribution in [2.24, 2.45) is 0 Å². The van der Waals surface area contributed by atoms with Gasteiger partial charge in [-0.25, -0.2) is 9.07 Å². The maximum absolute atomic E-state index is 14.4. The van der Waals surface area contributed by atoms with Crippen LogP contribution in [0, 0.1) is 12.7 Å². The molecule has 1 aromatic carbocycles. The number of aryl methyl sites for hydroxylation is 1. The zero-order valence-electron chi connectivity index (χ0n) is 18.2. The van der Waals surface area contributed by atoms with Crippen LogP contribution in [0.1, 0.15) is 84.2 Å². The SMILES string of the molecule is Cc1cccc(F)c1C1CCC(c2cc(Cl)nn(Cc3ncccc3C3CC3)c2=O)CC1. The van der Waals surface area contributed by atoms with Crippen molar-refractivity contribution in [2.75, 3.05) is 0 Å². The highest BCUT2D eigenvalue weighted by atomic mass is 35.5. The molecule has 0 spiro atoms. The number of aromatic nitrogens is 3. The lowest BCUT2D eigenvalue weighted by Crippen LogP contribution is -2.30. The van der Waals surface area contributed by atoms with Crippen molar-refractivity contribution in [1.29, 1.82) is 0 Å². The number of pyridine rings is 1. The molecule has 2 aliphatic rings. The molecule has 6 heteroatoms. The number of benzene rings is 1. The molecule has 0 N–H and O–H groups in total. The van der Waals surface area contributed by atoms with Gasteiger partial charge in [-0.1, -0.05) is 29.8 Å². The van der Waals surface area contributed by atoms with E-state index in [0.717, 1.165) is 48.1 Å². The van der Waals surface area contributed by atoms with Gasteiger partial charge in [0.15, 0.2) is 0 Å². The first-order valence-electron chi connectivity index (χ1n) is 11.5. The van der Waals surface area contributed by atoms with E-state index in [2.05, 4.69) is 16.1 Å². The second-order valence-corrected chi connectivity index (χ2v) is 9.61. The smallest absolute Gasteiger partial charge is 0.267 e. The first-order chi connectivity index (χ1) is 15.5. The first kappa shape index (κ1) is 21.3. The summed E-state index contributed by atoms with van der Waals surface area (Å²) in [6, 6.07) is 11.1. The van der Waals surface area contributed by atoms with Gasteiger partial charge in [0.2, 0.25) is 0 Å². The molecule has 3 aromatic rings. The lowest BCUT2D eigenvalue weighted by molar-refractivity contribution is 0.382. The molecule has 2 aliphatic carbocycles. The van der Waals surface area contributed by atoms with Crippen molar-refractivity contribution in [1.82, 2.24) is 14.8 Å². The Kier molecular flexibility index (Phi) is 5.85. The van der Waals surface area contributed by atoms with Crippen LogP contribution in [0.25, 0.3) is 0 Å². The lowest BCUT2D eigenvalue weighted by atomic mass is 9.75. The van der Waals surface area contributed by atoms with E-state index >= 15 is 0 Å². The molecular weight excluding hydrogens is 425 g/mol. The largest absolute Gasteiger partial charge is 0.270 e. The zero-order chi connectivity index (χ0) is 22.2. The fourth-order valence-corrected chi connectivity index (χ4v) is 5.48. The van der Waals surface area contributed by atoms with Gasteiger partial charge in [0.05, 0.1) is 12.2 Å². The quantitative estimate of drug-likeness (QED) is 0.470. The topological polar surface area (TPSA) is 47.8 Å². The van der Waals surface area contributed by atoms with Gasteiger partial charge in [-0.3, -0.25) is 9.78 Å². The average Bonchev–Trinajstić information content (AvgIpc) is 3.62. The summed E-state index contributed by atoms with van der Waals surface area (Å²) < 4.78 is 15.9. The predicted molar refractivity (Wildman–Crippen MR) is 124 cm³/mol. The van der Waals surface area contributed by atoms with Crippen LogP contribution in [0.5, 0.6) is 0 Å². The average molecular weight is 452 g/mol. The highest BCUT2D eigenvalue weighted by molar-refractivity contribution is 6.29. The summed E-state index contributed by atoms with van der Waals surface area (Å²) in [6.45, 7) is 2.31. The van der Waals surface area contributed by atoms with E-state index in [4.69, 9.17) is 11.6 Å². The Labute approximate surface area is 192 Å². The standard InChI is InChI=1S/C26H27ClFN3O/c1-16-4-2-6-22(28)25(16)19-11-9-18(10-12-19)21-14-24(27)30-31(26(21)32)15-23-20(17-7-8-17)5-3-13-29-23/h2-6,13-14,17-19H,7-12,15H2,1H3. The second-order valence-electron chi connectivity index (χ2n) is 9.22. The minimum atomic E-state index is -0.121. The number of nitrogens with zero attached hydrogens (tertiary/aromatic N) is 3. The molecule has 0 atom stereocenters. The summed E-state index contributed by atoms with van der Waals surface area (Å²) in [6.07, 6.45) is 7.51. The molecular formula is C26H27ClFN3O. The Balaban J connectivity index is 1.38. The zero-order valence-corrected chi connectivity index (χ0v) is 19.0. The van der Waals surface area contributed by atoms with Crippen LogP contribution in [0.4, 0.5) is 4.39 Å². The van der Waals surface area contributed by atoms with Crippen LogP contribution in [-0.2, 0) is 6.54 Å². The normalized spacial score (nSPS) is 21.0. The van der Waals surface area contributed by atoms with Gasteiger partial charge in [0.25, 0.3) is 5.56 Å². The van der Waals surface area contributed by atoms with Crippen LogP contribution in [0.3, 0.4) is 0 Å². The molecule has 0 bridgehead atoms. The van der Waals surface area contributed by atoms with Crippen LogP contribution in [0.15, 0.2) is 47.4 Å². The van der Waals surface area contributed by atoms with Gasteiger partial charge >= 0.3 is 0 Å².